The fourth-order valence-electron chi connectivity index (χ4n) is 1.27. The van der Waals surface area contributed by atoms with E-state index in [1.165, 1.54) is 6.33 Å². The lowest BCUT2D eigenvalue weighted by molar-refractivity contribution is 0.186. The van der Waals surface area contributed by atoms with Gasteiger partial charge < -0.3 is 14.7 Å². The number of aromatic amines is 2. The normalized spacial score (nSPS) is 10.8. The number of ether oxygens (including phenoxy) is 1. The Morgan fingerprint density at radius 2 is 2.38 bits per heavy atom. The van der Waals surface area contributed by atoms with Crippen molar-refractivity contribution in [1.82, 2.24) is 15.0 Å². The monoisotopic (exact) mass is 179 g/mol. The first-order valence-corrected chi connectivity index (χ1v) is 3.85. The largest absolute Gasteiger partial charge is 0.380 e. The maximum absolute atomic E-state index is 11.2. The summed E-state index contributed by atoms with van der Waals surface area (Å²) < 4.78 is 4.96. The summed E-state index contributed by atoms with van der Waals surface area (Å²) in [4.78, 5) is 20.6. The van der Waals surface area contributed by atoms with Crippen LogP contribution in [0.15, 0.2) is 17.3 Å². The Hall–Kier alpha value is -1.62. The highest BCUT2D eigenvalue weighted by molar-refractivity contribution is 5.77. The summed E-state index contributed by atoms with van der Waals surface area (Å²) in [6.07, 6.45) is 3.12. The van der Waals surface area contributed by atoms with Gasteiger partial charge in [0.05, 0.1) is 12.9 Å². The summed E-state index contributed by atoms with van der Waals surface area (Å²) in [5.74, 6) is 0. The van der Waals surface area contributed by atoms with Gasteiger partial charge in [0, 0.05) is 18.9 Å². The Morgan fingerprint density at radius 1 is 1.54 bits per heavy atom. The average Bonchev–Trinajstić information content (AvgIpc) is 2.51. The topological polar surface area (TPSA) is 70.8 Å². The molecular weight excluding hydrogens is 170 g/mol. The molecule has 0 spiro atoms. The van der Waals surface area contributed by atoms with E-state index >= 15 is 0 Å². The molecule has 2 rings (SSSR count). The summed E-state index contributed by atoms with van der Waals surface area (Å²) in [6, 6.07) is 0. The third-order valence-electron chi connectivity index (χ3n) is 1.85. The van der Waals surface area contributed by atoms with Crippen LogP contribution in [0.3, 0.4) is 0 Å². The fourth-order valence-corrected chi connectivity index (χ4v) is 1.27. The lowest BCUT2D eigenvalue weighted by atomic mass is 10.3. The first kappa shape index (κ1) is 8.00. The van der Waals surface area contributed by atoms with Gasteiger partial charge in [-0.15, -0.1) is 0 Å². The van der Waals surface area contributed by atoms with Crippen molar-refractivity contribution in [2.75, 3.05) is 7.11 Å². The van der Waals surface area contributed by atoms with Crippen LogP contribution < -0.4 is 5.56 Å². The van der Waals surface area contributed by atoms with Gasteiger partial charge in [-0.25, -0.2) is 4.98 Å². The third kappa shape index (κ3) is 1.23. The van der Waals surface area contributed by atoms with Crippen molar-refractivity contribution in [2.24, 2.45) is 0 Å². The summed E-state index contributed by atoms with van der Waals surface area (Å²) in [6.45, 7) is 0.455. The standard InChI is InChI=1S/C8H9N3O2/c1-13-3-5-2-9-7-6(5)10-4-11-8(7)12/h2,4,9H,3H2,1H3,(H,10,11,12). The maximum Gasteiger partial charge on any atom is 0.275 e. The van der Waals surface area contributed by atoms with E-state index in [0.29, 0.717) is 17.6 Å². The van der Waals surface area contributed by atoms with E-state index in [1.807, 2.05) is 0 Å². The molecule has 0 aromatic carbocycles. The Morgan fingerprint density at radius 3 is 3.15 bits per heavy atom. The van der Waals surface area contributed by atoms with Crippen LogP contribution in [0.5, 0.6) is 0 Å². The number of methoxy groups -OCH3 is 1. The summed E-state index contributed by atoms with van der Waals surface area (Å²) >= 11 is 0. The minimum Gasteiger partial charge on any atom is -0.380 e. The molecule has 0 bridgehead atoms. The first-order chi connectivity index (χ1) is 6.33. The zero-order chi connectivity index (χ0) is 9.26. The molecule has 0 fully saturated rings. The van der Waals surface area contributed by atoms with Gasteiger partial charge in [0.2, 0.25) is 0 Å². The molecule has 2 N–H and O–H groups in total. The van der Waals surface area contributed by atoms with Crippen LogP contribution in [0.1, 0.15) is 5.56 Å². The number of nitrogens with zero attached hydrogens (tertiary/aromatic N) is 1. The first-order valence-electron chi connectivity index (χ1n) is 3.85. The number of rotatable bonds is 2. The van der Waals surface area contributed by atoms with Gasteiger partial charge >= 0.3 is 0 Å². The molecule has 5 nitrogen and oxygen atoms in total. The van der Waals surface area contributed by atoms with Gasteiger partial charge in [-0.1, -0.05) is 0 Å². The van der Waals surface area contributed by atoms with E-state index in [-0.39, 0.29) is 5.56 Å². The van der Waals surface area contributed by atoms with Crippen molar-refractivity contribution >= 4 is 11.0 Å². The molecule has 0 aliphatic carbocycles. The summed E-state index contributed by atoms with van der Waals surface area (Å²) in [5.41, 5.74) is 1.90. The van der Waals surface area contributed by atoms with Gasteiger partial charge in [-0.3, -0.25) is 4.79 Å². The molecule has 0 unspecified atom stereocenters. The predicted molar refractivity (Wildman–Crippen MR) is 47.4 cm³/mol. The van der Waals surface area contributed by atoms with E-state index in [1.54, 1.807) is 13.3 Å². The lowest BCUT2D eigenvalue weighted by Crippen LogP contribution is -2.05. The Kier molecular flexibility index (Phi) is 1.86. The van der Waals surface area contributed by atoms with Crippen LogP contribution in [0, 0.1) is 0 Å². The second-order valence-corrected chi connectivity index (χ2v) is 2.70. The van der Waals surface area contributed by atoms with Gasteiger partial charge in [0.1, 0.15) is 11.0 Å². The van der Waals surface area contributed by atoms with E-state index in [4.69, 9.17) is 4.74 Å². The number of hydrogen-bond acceptors (Lipinski definition) is 3. The zero-order valence-corrected chi connectivity index (χ0v) is 7.13. The molecular formula is C8H9N3O2. The Balaban J connectivity index is 2.68. The van der Waals surface area contributed by atoms with Crippen molar-refractivity contribution in [3.8, 4) is 0 Å². The van der Waals surface area contributed by atoms with Gasteiger partial charge in [0.15, 0.2) is 0 Å². The van der Waals surface area contributed by atoms with E-state index in [0.717, 1.165) is 5.56 Å². The molecule has 2 heterocycles. The fraction of sp³-hybridized carbons (Fsp3) is 0.250. The minimum atomic E-state index is -0.160. The molecule has 0 saturated carbocycles. The number of hydrogen-bond donors (Lipinski definition) is 2. The molecule has 0 aliphatic rings. The molecule has 2 aromatic rings. The molecule has 0 saturated heterocycles. The maximum atomic E-state index is 11.2. The highest BCUT2D eigenvalue weighted by atomic mass is 16.5. The van der Waals surface area contributed by atoms with Gasteiger partial charge in [-0.2, -0.15) is 0 Å². The van der Waals surface area contributed by atoms with Crippen molar-refractivity contribution in [3.05, 3.63) is 28.4 Å². The second-order valence-electron chi connectivity index (χ2n) is 2.70. The van der Waals surface area contributed by atoms with Crippen LogP contribution in [0.4, 0.5) is 0 Å². The molecule has 0 aliphatic heterocycles. The molecule has 0 amide bonds. The molecule has 0 radical (unpaired) electrons. The average molecular weight is 179 g/mol. The Bertz CT molecular complexity index is 471. The Labute approximate surface area is 73.8 Å². The number of aromatic nitrogens is 3. The van der Waals surface area contributed by atoms with Gasteiger partial charge in [-0.05, 0) is 0 Å². The molecule has 2 aromatic heterocycles. The third-order valence-corrected chi connectivity index (χ3v) is 1.85. The van der Waals surface area contributed by atoms with E-state index in [2.05, 4.69) is 15.0 Å². The van der Waals surface area contributed by atoms with E-state index < -0.39 is 0 Å². The van der Waals surface area contributed by atoms with Crippen molar-refractivity contribution < 1.29 is 4.74 Å². The zero-order valence-electron chi connectivity index (χ0n) is 7.13. The van der Waals surface area contributed by atoms with Crippen LogP contribution in [-0.2, 0) is 11.3 Å². The molecule has 13 heavy (non-hydrogen) atoms. The van der Waals surface area contributed by atoms with Crippen LogP contribution in [0.2, 0.25) is 0 Å². The predicted octanol–water partition coefficient (Wildman–Crippen LogP) is 0.398. The molecule has 68 valence electrons. The molecule has 5 heteroatoms. The van der Waals surface area contributed by atoms with Crippen LogP contribution in [-0.4, -0.2) is 22.1 Å². The quantitative estimate of drug-likeness (QED) is 0.700. The summed E-state index contributed by atoms with van der Waals surface area (Å²) in [5, 5.41) is 0. The second kappa shape index (κ2) is 3.02. The molecule has 0 atom stereocenters. The number of nitrogens with one attached hydrogen (secondary N) is 2. The number of fused-ring (bicyclic) bond motifs is 1. The van der Waals surface area contributed by atoms with Gasteiger partial charge in [0.25, 0.3) is 5.56 Å². The SMILES string of the molecule is COCc1c[nH]c2c(=O)[nH]cnc12. The van der Waals surface area contributed by atoms with E-state index in [9.17, 15) is 4.79 Å². The van der Waals surface area contributed by atoms with Crippen LogP contribution in [0.25, 0.3) is 11.0 Å². The number of H-pyrrole nitrogens is 2. The smallest absolute Gasteiger partial charge is 0.275 e. The van der Waals surface area contributed by atoms with Crippen molar-refractivity contribution in [2.45, 2.75) is 6.61 Å². The summed E-state index contributed by atoms with van der Waals surface area (Å²) in [7, 11) is 1.60. The van der Waals surface area contributed by atoms with Crippen molar-refractivity contribution in [1.29, 1.82) is 0 Å². The van der Waals surface area contributed by atoms with Crippen molar-refractivity contribution in [3.63, 3.8) is 0 Å². The lowest BCUT2D eigenvalue weighted by Gasteiger charge is -1.93. The minimum absolute atomic E-state index is 0.160. The highest BCUT2D eigenvalue weighted by Gasteiger charge is 2.06. The van der Waals surface area contributed by atoms with Crippen LogP contribution >= 0.6 is 0 Å². The highest BCUT2D eigenvalue weighted by Crippen LogP contribution is 2.11.